The zero-order valence-corrected chi connectivity index (χ0v) is 20.6. The molecule has 0 aliphatic carbocycles. The van der Waals surface area contributed by atoms with Crippen LogP contribution in [0.15, 0.2) is 84.8 Å². The van der Waals surface area contributed by atoms with Gasteiger partial charge < -0.3 is 24.6 Å². The van der Waals surface area contributed by atoms with E-state index >= 15 is 0 Å². The number of carbonyl (C=O) groups is 1. The Morgan fingerprint density at radius 1 is 1.08 bits per heavy atom. The number of thioether (sulfide) groups is 1. The number of aliphatic hydroxyl groups is 1. The number of benzene rings is 2. The van der Waals surface area contributed by atoms with Gasteiger partial charge in [0, 0.05) is 36.7 Å². The molecule has 1 fully saturated rings. The van der Waals surface area contributed by atoms with Crippen LogP contribution < -0.4 is 5.32 Å². The summed E-state index contributed by atoms with van der Waals surface area (Å²) in [4.78, 5) is 20.2. The van der Waals surface area contributed by atoms with Crippen molar-refractivity contribution in [1.29, 1.82) is 0 Å². The third kappa shape index (κ3) is 7.38. The highest BCUT2D eigenvalue weighted by molar-refractivity contribution is 7.99. The Bertz CT molecular complexity index is 1110. The molecule has 1 saturated heterocycles. The predicted octanol–water partition coefficient (Wildman–Crippen LogP) is 4.72. The Hall–Kier alpha value is -3.24. The summed E-state index contributed by atoms with van der Waals surface area (Å²) >= 11 is 1.55. The first-order valence-corrected chi connectivity index (χ1v) is 12.6. The molecule has 2 aromatic carbocycles. The lowest BCUT2D eigenvalue weighted by molar-refractivity contribution is -0.245. The highest BCUT2D eigenvalue weighted by Gasteiger charge is 2.32. The van der Waals surface area contributed by atoms with Crippen molar-refractivity contribution >= 4 is 17.9 Å². The van der Waals surface area contributed by atoms with Crippen LogP contribution in [0.1, 0.15) is 41.1 Å². The van der Waals surface area contributed by atoms with Crippen molar-refractivity contribution in [2.24, 2.45) is 0 Å². The topological polar surface area (TPSA) is 103 Å². The minimum absolute atomic E-state index is 0.00106. The van der Waals surface area contributed by atoms with Crippen molar-refractivity contribution in [3.05, 3.63) is 102 Å². The largest absolute Gasteiger partial charge is 0.445 e. The molecule has 1 amide bonds. The van der Waals surface area contributed by atoms with E-state index in [1.165, 1.54) is 6.08 Å². The van der Waals surface area contributed by atoms with Gasteiger partial charge in [0.1, 0.15) is 6.61 Å². The van der Waals surface area contributed by atoms with Crippen molar-refractivity contribution in [3.63, 3.8) is 0 Å². The first-order chi connectivity index (χ1) is 17.6. The number of hydrogen-bond donors (Lipinski definition) is 2. The molecule has 0 spiro atoms. The fourth-order valence-corrected chi connectivity index (χ4v) is 4.52. The average Bonchev–Trinajstić information content (AvgIpc) is 2.94. The van der Waals surface area contributed by atoms with E-state index in [1.807, 2.05) is 48.5 Å². The maximum atomic E-state index is 11.7. The lowest BCUT2D eigenvalue weighted by Crippen LogP contribution is -2.31. The second kappa shape index (κ2) is 13.2. The number of hydrogen-bond acceptors (Lipinski definition) is 8. The fourth-order valence-electron chi connectivity index (χ4n) is 3.70. The molecule has 36 heavy (non-hydrogen) atoms. The van der Waals surface area contributed by atoms with Crippen LogP contribution in [-0.2, 0) is 27.4 Å². The average molecular weight is 508 g/mol. The predicted molar refractivity (Wildman–Crippen MR) is 136 cm³/mol. The Labute approximate surface area is 214 Å². The molecular weight excluding hydrogens is 478 g/mol. The van der Waals surface area contributed by atoms with Gasteiger partial charge in [-0.05, 0) is 22.8 Å². The summed E-state index contributed by atoms with van der Waals surface area (Å²) in [7, 11) is 0. The van der Waals surface area contributed by atoms with Crippen LogP contribution in [0.4, 0.5) is 4.79 Å². The number of aromatic nitrogens is 2. The number of nitrogens with zero attached hydrogens (tertiary/aromatic N) is 2. The molecule has 2 heterocycles. The van der Waals surface area contributed by atoms with Crippen LogP contribution in [0.5, 0.6) is 0 Å². The van der Waals surface area contributed by atoms with E-state index in [4.69, 9.17) is 14.2 Å². The van der Waals surface area contributed by atoms with Crippen LogP contribution >= 0.6 is 11.8 Å². The number of nitrogens with one attached hydrogen (secondary N) is 1. The number of carbonyl (C=O) groups excluding carboxylic acids is 1. The molecule has 3 aromatic rings. The molecule has 1 aliphatic rings. The smallest absolute Gasteiger partial charge is 0.407 e. The third-order valence-corrected chi connectivity index (χ3v) is 6.58. The highest BCUT2D eigenvalue weighted by Crippen LogP contribution is 2.39. The summed E-state index contributed by atoms with van der Waals surface area (Å²) < 4.78 is 17.6. The summed E-state index contributed by atoms with van der Waals surface area (Å²) in [5, 5.41) is 12.8. The second-order valence-electron chi connectivity index (χ2n) is 8.17. The lowest BCUT2D eigenvalue weighted by Gasteiger charge is -2.36. The van der Waals surface area contributed by atoms with Crippen LogP contribution in [0.2, 0.25) is 0 Å². The molecule has 2 N–H and O–H groups in total. The SMILES string of the molecule is C=CCOC(=O)NCc1ccc(C2OC(CSc3ncccn3)CC(c3ccc(CO)cc3)O2)cc1. The molecule has 4 rings (SSSR count). The number of amides is 1. The Morgan fingerprint density at radius 2 is 1.78 bits per heavy atom. The van der Waals surface area contributed by atoms with E-state index in [2.05, 4.69) is 21.9 Å². The highest BCUT2D eigenvalue weighted by atomic mass is 32.2. The number of alkyl carbamates (subject to hydrolysis) is 1. The van der Waals surface area contributed by atoms with E-state index in [0.717, 1.165) is 22.3 Å². The number of rotatable bonds is 10. The quantitative estimate of drug-likeness (QED) is 0.231. The lowest BCUT2D eigenvalue weighted by atomic mass is 10.0. The van der Waals surface area contributed by atoms with Gasteiger partial charge in [0.25, 0.3) is 0 Å². The van der Waals surface area contributed by atoms with Gasteiger partial charge in [0.05, 0.1) is 18.8 Å². The van der Waals surface area contributed by atoms with E-state index < -0.39 is 12.4 Å². The number of aliphatic hydroxyl groups excluding tert-OH is 1. The third-order valence-electron chi connectivity index (χ3n) is 5.58. The molecule has 0 radical (unpaired) electrons. The summed E-state index contributed by atoms with van der Waals surface area (Å²) in [6.07, 6.45) is 4.36. The molecular formula is C27H29N3O5S. The molecule has 3 atom stereocenters. The molecule has 1 aromatic heterocycles. The summed E-state index contributed by atoms with van der Waals surface area (Å²) in [5.41, 5.74) is 3.70. The first kappa shape index (κ1) is 25.8. The van der Waals surface area contributed by atoms with Crippen LogP contribution in [0, 0.1) is 0 Å². The maximum Gasteiger partial charge on any atom is 0.407 e. The van der Waals surface area contributed by atoms with Crippen LogP contribution in [-0.4, -0.2) is 39.6 Å². The van der Waals surface area contributed by atoms with E-state index in [1.54, 1.807) is 30.2 Å². The van der Waals surface area contributed by atoms with Gasteiger partial charge in [0.2, 0.25) is 0 Å². The zero-order valence-electron chi connectivity index (χ0n) is 19.8. The molecule has 188 valence electrons. The molecule has 9 heteroatoms. The molecule has 0 bridgehead atoms. The van der Waals surface area contributed by atoms with Crippen molar-refractivity contribution in [2.75, 3.05) is 12.4 Å². The van der Waals surface area contributed by atoms with Crippen LogP contribution in [0.3, 0.4) is 0 Å². The summed E-state index contributed by atoms with van der Waals surface area (Å²) in [6.45, 7) is 4.04. The first-order valence-electron chi connectivity index (χ1n) is 11.7. The summed E-state index contributed by atoms with van der Waals surface area (Å²) in [5.74, 6) is 0.684. The standard InChI is InChI=1S/C27H29N3O5S/c1-2-14-33-27(32)30-16-19-4-10-22(11-5-19)25-34-23(18-36-26-28-12-3-13-29-26)15-24(35-25)21-8-6-20(17-31)7-9-21/h2-13,23-25,31H,1,14-18H2,(H,30,32). The van der Waals surface area contributed by atoms with Gasteiger partial charge in [-0.3, -0.25) is 0 Å². The Kier molecular flexibility index (Phi) is 9.46. The Morgan fingerprint density at radius 3 is 2.47 bits per heavy atom. The van der Waals surface area contributed by atoms with E-state index in [9.17, 15) is 9.90 Å². The van der Waals surface area contributed by atoms with Crippen molar-refractivity contribution in [3.8, 4) is 0 Å². The van der Waals surface area contributed by atoms with Crippen molar-refractivity contribution in [2.45, 2.75) is 43.2 Å². The monoisotopic (exact) mass is 507 g/mol. The summed E-state index contributed by atoms with van der Waals surface area (Å²) in [6, 6.07) is 17.3. The van der Waals surface area contributed by atoms with Gasteiger partial charge in [-0.1, -0.05) is 72.9 Å². The van der Waals surface area contributed by atoms with Gasteiger partial charge >= 0.3 is 6.09 Å². The van der Waals surface area contributed by atoms with Crippen molar-refractivity contribution < 1.29 is 24.1 Å². The van der Waals surface area contributed by atoms with Gasteiger partial charge in [-0.15, -0.1) is 0 Å². The number of ether oxygens (including phenoxy) is 3. The molecule has 1 aliphatic heterocycles. The van der Waals surface area contributed by atoms with Crippen LogP contribution in [0.25, 0.3) is 0 Å². The van der Waals surface area contributed by atoms with E-state index in [0.29, 0.717) is 23.9 Å². The minimum Gasteiger partial charge on any atom is -0.445 e. The van der Waals surface area contributed by atoms with Gasteiger partial charge in [0.15, 0.2) is 11.4 Å². The zero-order chi connectivity index (χ0) is 25.2. The minimum atomic E-state index is -0.553. The molecule has 8 nitrogen and oxygen atoms in total. The van der Waals surface area contributed by atoms with Gasteiger partial charge in [-0.2, -0.15) is 0 Å². The Balaban J connectivity index is 1.44. The second-order valence-corrected chi connectivity index (χ2v) is 9.16. The van der Waals surface area contributed by atoms with Gasteiger partial charge in [-0.25, -0.2) is 14.8 Å². The molecule has 0 saturated carbocycles. The van der Waals surface area contributed by atoms with Crippen molar-refractivity contribution in [1.82, 2.24) is 15.3 Å². The normalized spacial score (nSPS) is 19.4. The maximum absolute atomic E-state index is 11.7. The fraction of sp³-hybridized carbons (Fsp3) is 0.296. The van der Waals surface area contributed by atoms with E-state index in [-0.39, 0.29) is 25.4 Å². The molecule has 3 unspecified atom stereocenters.